The van der Waals surface area contributed by atoms with Crippen LogP contribution in [0.1, 0.15) is 18.1 Å². The Balaban J connectivity index is 1.71. The Morgan fingerprint density at radius 1 is 1.04 bits per heavy atom. The van der Waals surface area contributed by atoms with Crippen molar-refractivity contribution >= 4 is 29.3 Å². The number of ether oxygens (including phenoxy) is 2. The summed E-state index contributed by atoms with van der Waals surface area (Å²) in [5.74, 6) is 1.09. The molecule has 1 heterocycles. The van der Waals surface area contributed by atoms with E-state index in [2.05, 4.69) is 22.8 Å². The Labute approximate surface area is 158 Å². The quantitative estimate of drug-likeness (QED) is 0.581. The summed E-state index contributed by atoms with van der Waals surface area (Å²) in [7, 11) is 0. The second-order valence-corrected chi connectivity index (χ2v) is 6.10. The Morgan fingerprint density at radius 2 is 1.85 bits per heavy atom. The Morgan fingerprint density at radius 3 is 2.54 bits per heavy atom. The molecule has 0 aliphatic carbocycles. The molecule has 1 saturated heterocycles. The number of carbonyl (C=O) groups is 1. The molecule has 5 nitrogen and oxygen atoms in total. The van der Waals surface area contributed by atoms with Crippen molar-refractivity contribution in [3.63, 3.8) is 0 Å². The van der Waals surface area contributed by atoms with E-state index in [4.69, 9.17) is 21.7 Å². The zero-order valence-corrected chi connectivity index (χ0v) is 15.3. The minimum atomic E-state index is -0.240. The summed E-state index contributed by atoms with van der Waals surface area (Å²) in [5, 5.41) is 5.68. The van der Waals surface area contributed by atoms with Gasteiger partial charge in [0.1, 0.15) is 5.70 Å². The summed E-state index contributed by atoms with van der Waals surface area (Å²) < 4.78 is 11.6. The van der Waals surface area contributed by atoms with Crippen LogP contribution in [0.15, 0.2) is 54.2 Å². The fraction of sp³-hybridized carbons (Fsp3) is 0.200. The first kappa shape index (κ1) is 17.9. The zero-order chi connectivity index (χ0) is 18.4. The van der Waals surface area contributed by atoms with Gasteiger partial charge in [-0.25, -0.2) is 0 Å². The molecule has 0 bridgehead atoms. The molecule has 0 radical (unpaired) electrons. The molecule has 134 valence electrons. The van der Waals surface area contributed by atoms with Crippen molar-refractivity contribution in [3.8, 4) is 11.5 Å². The molecule has 1 fully saturated rings. The molecular weight excluding hydrogens is 348 g/mol. The number of rotatable bonds is 7. The Kier molecular flexibility index (Phi) is 5.86. The first-order valence-corrected chi connectivity index (χ1v) is 8.84. The van der Waals surface area contributed by atoms with Gasteiger partial charge in [-0.05, 0) is 48.5 Å². The molecule has 0 saturated carbocycles. The molecule has 2 aromatic carbocycles. The van der Waals surface area contributed by atoms with Crippen LogP contribution in [0.25, 0.3) is 6.08 Å². The third-order valence-corrected chi connectivity index (χ3v) is 3.99. The maximum atomic E-state index is 11.8. The molecule has 0 unspecified atom stereocenters. The fourth-order valence-corrected chi connectivity index (χ4v) is 2.78. The van der Waals surface area contributed by atoms with E-state index in [1.165, 1.54) is 5.56 Å². The zero-order valence-electron chi connectivity index (χ0n) is 14.5. The lowest BCUT2D eigenvalue weighted by atomic mass is 10.1. The maximum absolute atomic E-state index is 11.8. The van der Waals surface area contributed by atoms with E-state index in [0.717, 1.165) is 12.0 Å². The van der Waals surface area contributed by atoms with Crippen molar-refractivity contribution in [2.24, 2.45) is 0 Å². The lowest BCUT2D eigenvalue weighted by molar-refractivity contribution is -0.115. The van der Waals surface area contributed by atoms with Crippen LogP contribution < -0.4 is 20.1 Å². The summed E-state index contributed by atoms with van der Waals surface area (Å²) in [5.41, 5.74) is 2.46. The van der Waals surface area contributed by atoms with Crippen molar-refractivity contribution in [2.45, 2.75) is 13.3 Å². The number of carbonyl (C=O) groups excluding carboxylic acids is 1. The highest BCUT2D eigenvalue weighted by Gasteiger charge is 2.20. The van der Waals surface area contributed by atoms with Crippen molar-refractivity contribution in [1.82, 2.24) is 10.6 Å². The van der Waals surface area contributed by atoms with Gasteiger partial charge in [0, 0.05) is 6.42 Å². The number of amides is 1. The second-order valence-electron chi connectivity index (χ2n) is 5.69. The van der Waals surface area contributed by atoms with Crippen LogP contribution in [0.2, 0.25) is 0 Å². The van der Waals surface area contributed by atoms with Crippen molar-refractivity contribution < 1.29 is 14.3 Å². The monoisotopic (exact) mass is 368 g/mol. The Hall–Kier alpha value is -2.86. The van der Waals surface area contributed by atoms with Crippen LogP contribution in [-0.4, -0.2) is 24.2 Å². The van der Waals surface area contributed by atoms with Crippen molar-refractivity contribution in [2.75, 3.05) is 13.2 Å². The normalized spacial score (nSPS) is 14.9. The fourth-order valence-electron chi connectivity index (χ4n) is 2.57. The minimum Gasteiger partial charge on any atom is -0.490 e. The highest BCUT2D eigenvalue weighted by Crippen LogP contribution is 2.29. The first-order valence-electron chi connectivity index (χ1n) is 8.43. The van der Waals surface area contributed by atoms with Crippen molar-refractivity contribution in [1.29, 1.82) is 0 Å². The van der Waals surface area contributed by atoms with Gasteiger partial charge in [-0.15, -0.1) is 0 Å². The molecule has 0 atom stereocenters. The predicted octanol–water partition coefficient (Wildman–Crippen LogP) is 3.05. The second kappa shape index (κ2) is 8.49. The topological polar surface area (TPSA) is 59.6 Å². The van der Waals surface area contributed by atoms with E-state index < -0.39 is 0 Å². The molecule has 2 aromatic rings. The van der Waals surface area contributed by atoms with E-state index in [1.807, 2.05) is 43.3 Å². The van der Waals surface area contributed by atoms with Crippen LogP contribution in [-0.2, 0) is 11.2 Å². The largest absolute Gasteiger partial charge is 0.490 e. The summed E-state index contributed by atoms with van der Waals surface area (Å²) >= 11 is 4.94. The summed E-state index contributed by atoms with van der Waals surface area (Å²) in [6, 6.07) is 15.8. The molecule has 1 aliphatic rings. The van der Waals surface area contributed by atoms with Gasteiger partial charge in [0.15, 0.2) is 16.6 Å². The van der Waals surface area contributed by atoms with Gasteiger partial charge in [0.05, 0.1) is 13.2 Å². The highest BCUT2D eigenvalue weighted by atomic mass is 32.1. The molecule has 6 heteroatoms. The molecule has 3 rings (SSSR count). The number of nitrogens with one attached hydrogen (secondary N) is 2. The summed E-state index contributed by atoms with van der Waals surface area (Å²) in [6.45, 7) is 3.00. The third kappa shape index (κ3) is 4.61. The highest BCUT2D eigenvalue weighted by molar-refractivity contribution is 7.80. The van der Waals surface area contributed by atoms with Crippen LogP contribution in [0, 0.1) is 0 Å². The molecule has 1 amide bonds. The van der Waals surface area contributed by atoms with E-state index >= 15 is 0 Å². The van der Waals surface area contributed by atoms with Crippen LogP contribution in [0.4, 0.5) is 0 Å². The molecular formula is C20H20N2O3S. The SMILES string of the molecule is CCOc1cc(/C=C2/NC(=S)NC2=O)ccc1OCCc1ccccc1. The maximum Gasteiger partial charge on any atom is 0.273 e. The van der Waals surface area contributed by atoms with E-state index in [-0.39, 0.29) is 5.91 Å². The van der Waals surface area contributed by atoms with Gasteiger partial charge < -0.3 is 14.8 Å². The third-order valence-electron chi connectivity index (χ3n) is 3.79. The predicted molar refractivity (Wildman–Crippen MR) is 105 cm³/mol. The van der Waals surface area contributed by atoms with E-state index in [9.17, 15) is 4.79 Å². The first-order chi connectivity index (χ1) is 12.7. The number of benzene rings is 2. The minimum absolute atomic E-state index is 0.240. The van der Waals surface area contributed by atoms with Gasteiger partial charge in [0.2, 0.25) is 0 Å². The van der Waals surface area contributed by atoms with Crippen LogP contribution in [0.5, 0.6) is 11.5 Å². The van der Waals surface area contributed by atoms with E-state index in [0.29, 0.717) is 35.5 Å². The van der Waals surface area contributed by atoms with Gasteiger partial charge in [-0.3, -0.25) is 10.1 Å². The molecule has 1 aliphatic heterocycles. The average Bonchev–Trinajstić information content (AvgIpc) is 2.95. The van der Waals surface area contributed by atoms with E-state index in [1.54, 1.807) is 6.08 Å². The molecule has 26 heavy (non-hydrogen) atoms. The summed E-state index contributed by atoms with van der Waals surface area (Å²) in [6.07, 6.45) is 2.55. The number of hydrogen-bond acceptors (Lipinski definition) is 4. The lowest BCUT2D eigenvalue weighted by Gasteiger charge is -2.13. The molecule has 0 aromatic heterocycles. The molecule has 2 N–H and O–H groups in total. The van der Waals surface area contributed by atoms with Crippen LogP contribution >= 0.6 is 12.2 Å². The number of hydrogen-bond donors (Lipinski definition) is 2. The van der Waals surface area contributed by atoms with Gasteiger partial charge >= 0.3 is 0 Å². The smallest absolute Gasteiger partial charge is 0.273 e. The summed E-state index contributed by atoms with van der Waals surface area (Å²) in [4.78, 5) is 11.8. The van der Waals surface area contributed by atoms with Crippen molar-refractivity contribution in [3.05, 3.63) is 65.4 Å². The molecule has 0 spiro atoms. The Bertz CT molecular complexity index is 834. The average molecular weight is 368 g/mol. The number of thiocarbonyl (C=S) groups is 1. The van der Waals surface area contributed by atoms with Gasteiger partial charge in [-0.2, -0.15) is 0 Å². The standard InChI is InChI=1S/C20H20N2O3S/c1-2-24-18-13-15(12-16-19(23)22-20(26)21-16)8-9-17(18)25-11-10-14-6-4-3-5-7-14/h3-9,12-13H,2,10-11H2,1H3,(H2,21,22,23,26)/b16-12+. The van der Waals surface area contributed by atoms with Gasteiger partial charge in [0.25, 0.3) is 5.91 Å². The van der Waals surface area contributed by atoms with Crippen LogP contribution in [0.3, 0.4) is 0 Å². The van der Waals surface area contributed by atoms with Gasteiger partial charge in [-0.1, -0.05) is 36.4 Å². The lowest BCUT2D eigenvalue weighted by Crippen LogP contribution is -2.21.